The number of rotatable bonds is 13. The molecule has 0 spiro atoms. The fraction of sp³-hybridized carbons (Fsp3) is 0.368. The van der Waals surface area contributed by atoms with Crippen molar-refractivity contribution in [3.63, 3.8) is 0 Å². The second kappa shape index (κ2) is 12.6. The minimum Gasteiger partial charge on any atom is -0.481 e. The van der Waals surface area contributed by atoms with Gasteiger partial charge >= 0.3 is 11.9 Å². The van der Waals surface area contributed by atoms with E-state index in [1.807, 2.05) is 0 Å². The first-order chi connectivity index (χ1) is 15.0. The van der Waals surface area contributed by atoms with E-state index < -0.39 is 73.1 Å². The molecule has 0 aliphatic rings. The molecule has 9 N–H and O–H groups in total. The van der Waals surface area contributed by atoms with Crippen LogP contribution in [0.15, 0.2) is 30.3 Å². The highest BCUT2D eigenvalue weighted by Gasteiger charge is 2.28. The zero-order valence-corrected chi connectivity index (χ0v) is 16.9. The number of carboxylic acid groups (broad SMARTS) is 2. The van der Waals surface area contributed by atoms with Gasteiger partial charge in [0.2, 0.25) is 23.6 Å². The second-order valence-electron chi connectivity index (χ2n) is 6.80. The first-order valence-corrected chi connectivity index (χ1v) is 9.39. The van der Waals surface area contributed by atoms with Crippen molar-refractivity contribution in [3.8, 4) is 0 Å². The number of nitrogens with two attached hydrogens (primary N) is 2. The molecule has 1 rings (SSSR count). The Morgan fingerprint density at radius 2 is 1.50 bits per heavy atom. The first kappa shape index (κ1) is 26.0. The number of carbonyl (C=O) groups excluding carboxylic acids is 4. The molecular formula is C19H25N5O8. The fourth-order valence-corrected chi connectivity index (χ4v) is 2.56. The van der Waals surface area contributed by atoms with Gasteiger partial charge in [-0.2, -0.15) is 0 Å². The fourth-order valence-electron chi connectivity index (χ4n) is 2.56. The van der Waals surface area contributed by atoms with E-state index in [4.69, 9.17) is 16.6 Å². The molecule has 0 saturated carbocycles. The summed E-state index contributed by atoms with van der Waals surface area (Å²) in [4.78, 5) is 69.6. The van der Waals surface area contributed by atoms with E-state index in [1.54, 1.807) is 30.3 Å². The zero-order valence-electron chi connectivity index (χ0n) is 16.9. The van der Waals surface area contributed by atoms with Gasteiger partial charge in [0.25, 0.3) is 0 Å². The molecule has 0 fully saturated rings. The van der Waals surface area contributed by atoms with Crippen LogP contribution >= 0.6 is 0 Å². The molecule has 0 aromatic heterocycles. The molecule has 32 heavy (non-hydrogen) atoms. The Morgan fingerprint density at radius 3 is 2.03 bits per heavy atom. The van der Waals surface area contributed by atoms with Crippen molar-refractivity contribution in [1.29, 1.82) is 0 Å². The molecule has 174 valence electrons. The Labute approximate surface area is 182 Å². The van der Waals surface area contributed by atoms with E-state index in [0.29, 0.717) is 5.56 Å². The van der Waals surface area contributed by atoms with Crippen LogP contribution in [0.3, 0.4) is 0 Å². The number of hydrogen-bond donors (Lipinski definition) is 7. The number of aliphatic carboxylic acids is 2. The Kier molecular flexibility index (Phi) is 10.3. The molecule has 3 atom stereocenters. The van der Waals surface area contributed by atoms with Gasteiger partial charge in [0.1, 0.15) is 12.1 Å². The highest BCUT2D eigenvalue weighted by atomic mass is 16.4. The molecule has 0 bridgehead atoms. The highest BCUT2D eigenvalue weighted by Crippen LogP contribution is 2.05. The van der Waals surface area contributed by atoms with Crippen molar-refractivity contribution in [2.24, 2.45) is 11.5 Å². The number of benzene rings is 1. The molecule has 4 amide bonds. The van der Waals surface area contributed by atoms with Crippen molar-refractivity contribution in [2.75, 3.05) is 6.54 Å². The van der Waals surface area contributed by atoms with Gasteiger partial charge in [-0.25, -0.2) is 4.79 Å². The van der Waals surface area contributed by atoms with Crippen LogP contribution in [0, 0.1) is 0 Å². The van der Waals surface area contributed by atoms with Crippen LogP contribution < -0.4 is 27.4 Å². The van der Waals surface area contributed by atoms with E-state index in [-0.39, 0.29) is 6.42 Å². The van der Waals surface area contributed by atoms with Gasteiger partial charge in [-0.15, -0.1) is 0 Å². The number of amides is 4. The van der Waals surface area contributed by atoms with Gasteiger partial charge in [0.05, 0.1) is 25.4 Å². The van der Waals surface area contributed by atoms with Crippen molar-refractivity contribution in [2.45, 2.75) is 37.4 Å². The summed E-state index contributed by atoms with van der Waals surface area (Å²) in [5, 5.41) is 24.8. The summed E-state index contributed by atoms with van der Waals surface area (Å²) < 4.78 is 0. The summed E-state index contributed by atoms with van der Waals surface area (Å²) in [6.45, 7) is -0.666. The minimum absolute atomic E-state index is 0.0660. The SMILES string of the molecule is NC(=O)CC(N)C(=O)NCC(=O)NC(CC(=O)O)C(=O)NC(Cc1ccccc1)C(=O)O. The standard InChI is InChI=1S/C19H25N5O8/c20-11(7-14(21)25)17(29)22-9-15(26)23-12(8-16(27)28)18(30)24-13(19(31)32)6-10-4-2-1-3-5-10/h1-5,11-13H,6-9,20H2,(H2,21,25)(H,22,29)(H,23,26)(H,24,30)(H,27,28)(H,31,32). The third-order valence-electron chi connectivity index (χ3n) is 4.11. The lowest BCUT2D eigenvalue weighted by Crippen LogP contribution is -2.54. The summed E-state index contributed by atoms with van der Waals surface area (Å²) >= 11 is 0. The quantitative estimate of drug-likeness (QED) is 0.162. The van der Waals surface area contributed by atoms with E-state index in [0.717, 1.165) is 0 Å². The van der Waals surface area contributed by atoms with Crippen molar-refractivity contribution >= 4 is 35.6 Å². The van der Waals surface area contributed by atoms with Crippen LogP contribution in [0.4, 0.5) is 0 Å². The molecule has 1 aromatic rings. The van der Waals surface area contributed by atoms with Crippen molar-refractivity contribution in [1.82, 2.24) is 16.0 Å². The molecular weight excluding hydrogens is 426 g/mol. The van der Waals surface area contributed by atoms with Crippen molar-refractivity contribution in [3.05, 3.63) is 35.9 Å². The van der Waals surface area contributed by atoms with Gasteiger partial charge in [-0.3, -0.25) is 24.0 Å². The minimum atomic E-state index is -1.60. The zero-order chi connectivity index (χ0) is 24.3. The molecule has 3 unspecified atom stereocenters. The maximum absolute atomic E-state index is 12.5. The summed E-state index contributed by atoms with van der Waals surface area (Å²) in [6, 6.07) is 4.16. The van der Waals surface area contributed by atoms with Gasteiger partial charge in [0.15, 0.2) is 0 Å². The summed E-state index contributed by atoms with van der Waals surface area (Å²) in [6.07, 6.45) is -1.34. The van der Waals surface area contributed by atoms with Crippen LogP contribution in [-0.4, -0.2) is 70.5 Å². The van der Waals surface area contributed by atoms with E-state index in [9.17, 15) is 33.9 Å². The van der Waals surface area contributed by atoms with Gasteiger partial charge in [-0.1, -0.05) is 30.3 Å². The molecule has 0 heterocycles. The average Bonchev–Trinajstić information content (AvgIpc) is 2.70. The Morgan fingerprint density at radius 1 is 0.875 bits per heavy atom. The number of primary amides is 1. The predicted octanol–water partition coefficient (Wildman–Crippen LogP) is -2.92. The van der Waals surface area contributed by atoms with Gasteiger partial charge in [-0.05, 0) is 5.56 Å². The normalized spacial score (nSPS) is 13.2. The molecule has 13 heteroatoms. The van der Waals surface area contributed by atoms with E-state index in [1.165, 1.54) is 0 Å². The predicted molar refractivity (Wildman–Crippen MR) is 109 cm³/mol. The summed E-state index contributed by atoms with van der Waals surface area (Å²) in [5.74, 6) is -6.40. The lowest BCUT2D eigenvalue weighted by atomic mass is 10.1. The van der Waals surface area contributed by atoms with Crippen LogP contribution in [0.1, 0.15) is 18.4 Å². The Bertz CT molecular complexity index is 861. The number of hydrogen-bond acceptors (Lipinski definition) is 7. The number of nitrogens with one attached hydrogen (secondary N) is 3. The van der Waals surface area contributed by atoms with Crippen LogP contribution in [0.25, 0.3) is 0 Å². The molecule has 0 aliphatic carbocycles. The molecule has 0 aliphatic heterocycles. The molecule has 13 nitrogen and oxygen atoms in total. The Balaban J connectivity index is 2.74. The largest absolute Gasteiger partial charge is 0.481 e. The Hall–Kier alpha value is -4.00. The van der Waals surface area contributed by atoms with Crippen LogP contribution in [0.5, 0.6) is 0 Å². The van der Waals surface area contributed by atoms with Gasteiger partial charge in [0, 0.05) is 6.42 Å². The van der Waals surface area contributed by atoms with Gasteiger partial charge < -0.3 is 37.6 Å². The van der Waals surface area contributed by atoms with E-state index >= 15 is 0 Å². The lowest BCUT2D eigenvalue weighted by molar-refractivity contribution is -0.143. The topological polar surface area (TPSA) is 231 Å². The second-order valence-corrected chi connectivity index (χ2v) is 6.80. The maximum atomic E-state index is 12.5. The number of carboxylic acids is 2. The average molecular weight is 451 g/mol. The third kappa shape index (κ3) is 9.67. The lowest BCUT2D eigenvalue weighted by Gasteiger charge is -2.21. The smallest absolute Gasteiger partial charge is 0.326 e. The van der Waals surface area contributed by atoms with Crippen LogP contribution in [-0.2, 0) is 35.2 Å². The van der Waals surface area contributed by atoms with Crippen molar-refractivity contribution < 1.29 is 39.0 Å². The number of carbonyl (C=O) groups is 6. The maximum Gasteiger partial charge on any atom is 0.326 e. The van der Waals surface area contributed by atoms with E-state index in [2.05, 4.69) is 16.0 Å². The van der Waals surface area contributed by atoms with Crippen LogP contribution in [0.2, 0.25) is 0 Å². The summed E-state index contributed by atoms with van der Waals surface area (Å²) in [7, 11) is 0. The first-order valence-electron chi connectivity index (χ1n) is 9.39. The monoisotopic (exact) mass is 451 g/mol. The molecule has 0 radical (unpaired) electrons. The molecule has 1 aromatic carbocycles. The third-order valence-corrected chi connectivity index (χ3v) is 4.11. The molecule has 0 saturated heterocycles. The summed E-state index contributed by atoms with van der Waals surface area (Å²) in [5.41, 5.74) is 11.0. The highest BCUT2D eigenvalue weighted by molar-refractivity contribution is 5.95.